The molecule has 4 heterocycles. The van der Waals surface area contributed by atoms with Crippen LogP contribution in [-0.4, -0.2) is 44.5 Å². The SMILES string of the molecule is CCCCc1cn(-c2ccnn2C(C)CC)c(=O)n1Cc1ccc(-c2ccccc2-c2nn[nH]n2)cn1. The standard InChI is InChI=1S/C27H31N9O/c1-4-6-9-22-18-35(25-14-15-29-36(25)19(3)5-2)27(37)34(22)17-21-13-12-20(16-28-21)23-10-7-8-11-24(23)26-30-32-33-31-26/h7-8,10-16,18-19H,4-6,9,17H2,1-3H3,(H,30,31,32,33). The average Bonchev–Trinajstić information content (AvgIpc) is 3.69. The van der Waals surface area contributed by atoms with Crippen molar-refractivity contribution in [1.29, 1.82) is 0 Å². The Kier molecular flexibility index (Phi) is 7.07. The molecule has 0 saturated heterocycles. The predicted octanol–water partition coefficient (Wildman–Crippen LogP) is 4.44. The van der Waals surface area contributed by atoms with Gasteiger partial charge in [0.05, 0.1) is 24.5 Å². The second kappa shape index (κ2) is 10.7. The minimum Gasteiger partial charge on any atom is -0.290 e. The van der Waals surface area contributed by atoms with Crippen molar-refractivity contribution < 1.29 is 0 Å². The summed E-state index contributed by atoms with van der Waals surface area (Å²) in [4.78, 5) is 18.3. The molecule has 1 aromatic carbocycles. The first-order chi connectivity index (χ1) is 18.1. The highest BCUT2D eigenvalue weighted by atomic mass is 16.1. The van der Waals surface area contributed by atoms with Crippen LogP contribution in [-0.2, 0) is 13.0 Å². The van der Waals surface area contributed by atoms with Crippen LogP contribution in [0, 0.1) is 0 Å². The first-order valence-electron chi connectivity index (χ1n) is 12.7. The lowest BCUT2D eigenvalue weighted by atomic mass is 10.0. The number of benzene rings is 1. The molecule has 0 aliphatic carbocycles. The Morgan fingerprint density at radius 1 is 1.05 bits per heavy atom. The third-order valence-corrected chi connectivity index (χ3v) is 6.72. The molecular weight excluding hydrogens is 466 g/mol. The lowest BCUT2D eigenvalue weighted by Gasteiger charge is -2.13. The normalized spacial score (nSPS) is 12.2. The zero-order chi connectivity index (χ0) is 25.8. The van der Waals surface area contributed by atoms with Crippen molar-refractivity contribution in [2.24, 2.45) is 0 Å². The van der Waals surface area contributed by atoms with Crippen molar-refractivity contribution in [1.82, 2.24) is 44.5 Å². The van der Waals surface area contributed by atoms with E-state index in [1.165, 1.54) is 0 Å². The van der Waals surface area contributed by atoms with E-state index in [0.29, 0.717) is 12.4 Å². The van der Waals surface area contributed by atoms with Gasteiger partial charge in [0.25, 0.3) is 0 Å². The molecule has 5 aromatic rings. The van der Waals surface area contributed by atoms with Gasteiger partial charge in [-0.1, -0.05) is 50.6 Å². The van der Waals surface area contributed by atoms with Gasteiger partial charge in [-0.3, -0.25) is 14.1 Å². The molecule has 37 heavy (non-hydrogen) atoms. The Hall–Kier alpha value is -4.34. The van der Waals surface area contributed by atoms with E-state index < -0.39 is 0 Å². The number of aryl methyl sites for hydroxylation is 1. The molecule has 0 saturated carbocycles. The number of tetrazole rings is 1. The van der Waals surface area contributed by atoms with Crippen LogP contribution in [0.1, 0.15) is 57.5 Å². The molecule has 0 spiro atoms. The summed E-state index contributed by atoms with van der Waals surface area (Å²) in [7, 11) is 0. The van der Waals surface area contributed by atoms with E-state index in [-0.39, 0.29) is 11.7 Å². The van der Waals surface area contributed by atoms with Crippen LogP contribution in [0.15, 0.2) is 65.8 Å². The second-order valence-corrected chi connectivity index (χ2v) is 9.17. The summed E-state index contributed by atoms with van der Waals surface area (Å²) < 4.78 is 5.47. The Balaban J connectivity index is 1.47. The van der Waals surface area contributed by atoms with Crippen molar-refractivity contribution in [3.8, 4) is 28.3 Å². The van der Waals surface area contributed by atoms with Crippen LogP contribution in [0.5, 0.6) is 0 Å². The highest BCUT2D eigenvalue weighted by molar-refractivity contribution is 5.79. The molecule has 0 radical (unpaired) electrons. The lowest BCUT2D eigenvalue weighted by Crippen LogP contribution is -2.27. The maximum Gasteiger partial charge on any atom is 0.334 e. The topological polar surface area (TPSA) is 112 Å². The van der Waals surface area contributed by atoms with Crippen LogP contribution < -0.4 is 5.69 Å². The minimum absolute atomic E-state index is 0.0792. The van der Waals surface area contributed by atoms with Gasteiger partial charge in [-0.15, -0.1) is 10.2 Å². The molecule has 10 heteroatoms. The van der Waals surface area contributed by atoms with Crippen molar-refractivity contribution >= 4 is 0 Å². The van der Waals surface area contributed by atoms with Crippen LogP contribution in [0.25, 0.3) is 28.3 Å². The molecule has 5 rings (SSSR count). The van der Waals surface area contributed by atoms with E-state index in [0.717, 1.165) is 59.6 Å². The Morgan fingerprint density at radius 3 is 2.59 bits per heavy atom. The van der Waals surface area contributed by atoms with Crippen LogP contribution in [0.3, 0.4) is 0 Å². The van der Waals surface area contributed by atoms with E-state index in [9.17, 15) is 4.79 Å². The van der Waals surface area contributed by atoms with Gasteiger partial charge in [-0.25, -0.2) is 9.48 Å². The van der Waals surface area contributed by atoms with E-state index in [1.807, 2.05) is 64.1 Å². The number of hydrogen-bond donors (Lipinski definition) is 1. The molecule has 0 amide bonds. The van der Waals surface area contributed by atoms with Crippen molar-refractivity contribution in [3.05, 3.63) is 82.9 Å². The molecule has 0 aliphatic heterocycles. The zero-order valence-corrected chi connectivity index (χ0v) is 21.4. The summed E-state index contributed by atoms with van der Waals surface area (Å²) in [5.41, 5.74) is 4.51. The van der Waals surface area contributed by atoms with Crippen molar-refractivity contribution in [2.75, 3.05) is 0 Å². The molecule has 0 fully saturated rings. The van der Waals surface area contributed by atoms with Gasteiger partial charge >= 0.3 is 5.69 Å². The Morgan fingerprint density at radius 2 is 1.89 bits per heavy atom. The fourth-order valence-corrected chi connectivity index (χ4v) is 4.47. The molecule has 4 aromatic heterocycles. The second-order valence-electron chi connectivity index (χ2n) is 9.17. The smallest absolute Gasteiger partial charge is 0.290 e. The van der Waals surface area contributed by atoms with Gasteiger partial charge in [-0.05, 0) is 43.0 Å². The summed E-state index contributed by atoms with van der Waals surface area (Å²) in [5.74, 6) is 1.32. The number of pyridine rings is 1. The predicted molar refractivity (Wildman–Crippen MR) is 141 cm³/mol. The molecule has 1 atom stereocenters. The van der Waals surface area contributed by atoms with Crippen LogP contribution in [0.2, 0.25) is 0 Å². The third kappa shape index (κ3) is 4.87. The van der Waals surface area contributed by atoms with Gasteiger partial charge < -0.3 is 0 Å². The third-order valence-electron chi connectivity index (χ3n) is 6.72. The van der Waals surface area contributed by atoms with Crippen LogP contribution >= 0.6 is 0 Å². The number of aromatic nitrogens is 9. The van der Waals surface area contributed by atoms with E-state index in [2.05, 4.69) is 46.5 Å². The minimum atomic E-state index is -0.0792. The van der Waals surface area contributed by atoms with Gasteiger partial charge in [0, 0.05) is 35.3 Å². The number of rotatable bonds is 10. The average molecular weight is 498 g/mol. The largest absolute Gasteiger partial charge is 0.334 e. The van der Waals surface area contributed by atoms with E-state index in [1.54, 1.807) is 10.8 Å². The van der Waals surface area contributed by atoms with E-state index >= 15 is 0 Å². The first-order valence-corrected chi connectivity index (χ1v) is 12.7. The summed E-state index contributed by atoms with van der Waals surface area (Å²) in [6.45, 7) is 6.78. The number of hydrogen-bond acceptors (Lipinski definition) is 6. The van der Waals surface area contributed by atoms with Gasteiger partial charge in [-0.2, -0.15) is 10.3 Å². The zero-order valence-electron chi connectivity index (χ0n) is 21.4. The molecular formula is C27H31N9O. The van der Waals surface area contributed by atoms with Gasteiger partial charge in [0.15, 0.2) is 0 Å². The highest BCUT2D eigenvalue weighted by Gasteiger charge is 2.18. The summed E-state index contributed by atoms with van der Waals surface area (Å²) >= 11 is 0. The molecule has 1 N–H and O–H groups in total. The molecule has 0 aliphatic rings. The van der Waals surface area contributed by atoms with E-state index in [4.69, 9.17) is 4.98 Å². The maximum atomic E-state index is 13.6. The first kappa shape index (κ1) is 24.4. The summed E-state index contributed by atoms with van der Waals surface area (Å²) in [6.07, 6.45) is 9.36. The quantitative estimate of drug-likeness (QED) is 0.305. The summed E-state index contributed by atoms with van der Waals surface area (Å²) in [6, 6.07) is 14.0. The fourth-order valence-electron chi connectivity index (χ4n) is 4.47. The summed E-state index contributed by atoms with van der Waals surface area (Å²) in [5, 5.41) is 18.9. The highest BCUT2D eigenvalue weighted by Crippen LogP contribution is 2.29. The fraction of sp³-hybridized carbons (Fsp3) is 0.333. The maximum absolute atomic E-state index is 13.6. The molecule has 0 bridgehead atoms. The Bertz CT molecular complexity index is 1510. The van der Waals surface area contributed by atoms with Crippen molar-refractivity contribution in [2.45, 2.75) is 59.0 Å². The van der Waals surface area contributed by atoms with Gasteiger partial charge in [0.2, 0.25) is 5.82 Å². The monoisotopic (exact) mass is 497 g/mol. The number of aromatic amines is 1. The van der Waals surface area contributed by atoms with Crippen LogP contribution in [0.4, 0.5) is 0 Å². The molecule has 1 unspecified atom stereocenters. The Labute approximate surface area is 215 Å². The number of unbranched alkanes of at least 4 members (excludes halogenated alkanes) is 1. The van der Waals surface area contributed by atoms with Crippen molar-refractivity contribution in [3.63, 3.8) is 0 Å². The number of nitrogens with zero attached hydrogens (tertiary/aromatic N) is 8. The number of nitrogens with one attached hydrogen (secondary N) is 1. The number of H-pyrrole nitrogens is 1. The molecule has 190 valence electrons. The van der Waals surface area contributed by atoms with Gasteiger partial charge in [0.1, 0.15) is 5.82 Å². The lowest BCUT2D eigenvalue weighted by molar-refractivity contribution is 0.468. The number of imidazole rings is 1. The molecule has 10 nitrogen and oxygen atoms in total.